The highest BCUT2D eigenvalue weighted by Crippen LogP contribution is 2.24. The minimum absolute atomic E-state index is 0.00461. The summed E-state index contributed by atoms with van der Waals surface area (Å²) in [4.78, 5) is 55.5. The average molecular weight is 560 g/mol. The highest BCUT2D eigenvalue weighted by molar-refractivity contribution is 7.13. The van der Waals surface area contributed by atoms with E-state index in [2.05, 4.69) is 34.1 Å². The van der Waals surface area contributed by atoms with Crippen LogP contribution in [0.1, 0.15) is 44.1 Å². The molecular weight excluding hydrogens is 526 g/mol. The van der Waals surface area contributed by atoms with Crippen molar-refractivity contribution in [1.82, 2.24) is 20.9 Å². The number of hydrogen-bond donors (Lipinski definition) is 3. The van der Waals surface area contributed by atoms with Crippen molar-refractivity contribution in [2.24, 2.45) is 0 Å². The van der Waals surface area contributed by atoms with Gasteiger partial charge in [-0.25, -0.2) is 14.6 Å². The Kier molecular flexibility index (Phi) is 9.88. The van der Waals surface area contributed by atoms with E-state index in [1.165, 1.54) is 17.6 Å². The molecule has 1 aromatic rings. The molecule has 0 saturated carbocycles. The van der Waals surface area contributed by atoms with Crippen molar-refractivity contribution in [1.29, 1.82) is 0 Å². The van der Waals surface area contributed by atoms with Gasteiger partial charge in [0.05, 0.1) is 12.0 Å². The highest BCUT2D eigenvalue weighted by Gasteiger charge is 2.26. The van der Waals surface area contributed by atoms with E-state index >= 15 is 0 Å². The maximum absolute atomic E-state index is 12.6. The lowest BCUT2D eigenvalue weighted by Crippen LogP contribution is -2.46. The molecule has 0 bridgehead atoms. The third-order valence-electron chi connectivity index (χ3n) is 5.45. The minimum Gasteiger partial charge on any atom is -0.497 e. The highest BCUT2D eigenvalue weighted by atomic mass is 32.1. The van der Waals surface area contributed by atoms with Crippen LogP contribution in [0.3, 0.4) is 0 Å². The van der Waals surface area contributed by atoms with Crippen molar-refractivity contribution in [2.45, 2.75) is 45.3 Å². The summed E-state index contributed by atoms with van der Waals surface area (Å²) in [6, 6.07) is -0.0107. The molecule has 0 unspecified atom stereocenters. The molecule has 0 spiro atoms. The van der Waals surface area contributed by atoms with Crippen molar-refractivity contribution in [3.05, 3.63) is 59.6 Å². The van der Waals surface area contributed by atoms with Gasteiger partial charge in [-0.15, -0.1) is 11.3 Å². The predicted octanol–water partition coefficient (Wildman–Crippen LogP) is 2.52. The number of esters is 1. The van der Waals surface area contributed by atoms with Crippen LogP contribution in [0.4, 0.5) is 9.93 Å². The Hall–Kier alpha value is -4.13. The van der Waals surface area contributed by atoms with E-state index in [9.17, 15) is 19.2 Å². The Morgan fingerprint density at radius 3 is 2.51 bits per heavy atom. The van der Waals surface area contributed by atoms with Crippen molar-refractivity contribution in [3.8, 4) is 0 Å². The van der Waals surface area contributed by atoms with Gasteiger partial charge < -0.3 is 35.1 Å². The smallest absolute Gasteiger partial charge is 0.407 e. The van der Waals surface area contributed by atoms with Gasteiger partial charge in [0.1, 0.15) is 30.2 Å². The van der Waals surface area contributed by atoms with Gasteiger partial charge in [-0.3, -0.25) is 9.59 Å². The number of nitrogens with zero attached hydrogens (tertiary/aromatic N) is 2. The summed E-state index contributed by atoms with van der Waals surface area (Å²) < 4.78 is 15.4. The lowest BCUT2D eigenvalue weighted by atomic mass is 10.1. The molecule has 1 aromatic heterocycles. The third-order valence-corrected chi connectivity index (χ3v) is 6.35. The van der Waals surface area contributed by atoms with E-state index in [4.69, 9.17) is 14.2 Å². The molecular formula is C26H33N5O7S. The Labute approximate surface area is 230 Å². The average Bonchev–Trinajstić information content (AvgIpc) is 3.37. The van der Waals surface area contributed by atoms with E-state index in [1.54, 1.807) is 17.5 Å². The summed E-state index contributed by atoms with van der Waals surface area (Å²) in [7, 11) is 0. The zero-order valence-electron chi connectivity index (χ0n) is 22.2. The standard InChI is InChI=1S/C26H33N5O7S/c1-16(21(32)28-17(2)23(34)37-14-18-8-12-36-13-9-18)27-22(33)20-15-39-24(30-20)31-10-6-19(7-11-31)29-25(35)38-26(3,4)5/h8-9,12,15,19H,1-2,6-7,10-11,13-14H2,3-5H3,(H,27,33)(H,28,32)(H,29,35). The second-order valence-corrected chi connectivity index (χ2v) is 10.6. The fourth-order valence-electron chi connectivity index (χ4n) is 3.48. The maximum atomic E-state index is 12.6. The number of thiazole rings is 1. The summed E-state index contributed by atoms with van der Waals surface area (Å²) in [5.41, 5.74) is -0.279. The molecule has 2 aliphatic rings. The molecule has 1 saturated heterocycles. The molecule has 0 radical (unpaired) electrons. The van der Waals surface area contributed by atoms with E-state index in [1.807, 2.05) is 25.7 Å². The van der Waals surface area contributed by atoms with Gasteiger partial charge in [-0.1, -0.05) is 13.2 Å². The molecule has 0 aliphatic carbocycles. The van der Waals surface area contributed by atoms with Crippen LogP contribution >= 0.6 is 11.3 Å². The summed E-state index contributed by atoms with van der Waals surface area (Å²) in [6.07, 6.45) is 5.86. The largest absolute Gasteiger partial charge is 0.497 e. The molecule has 210 valence electrons. The van der Waals surface area contributed by atoms with Gasteiger partial charge in [0, 0.05) is 24.5 Å². The Bertz CT molecular complexity index is 1190. The molecule has 39 heavy (non-hydrogen) atoms. The molecule has 3 amide bonds. The van der Waals surface area contributed by atoms with Gasteiger partial charge in [0.2, 0.25) is 0 Å². The van der Waals surface area contributed by atoms with Crippen LogP contribution in [-0.2, 0) is 23.8 Å². The number of amides is 3. The van der Waals surface area contributed by atoms with E-state index in [0.717, 1.165) is 5.57 Å². The SMILES string of the molecule is C=C(NC(=O)c1csc(N2CCC(NC(=O)OC(C)(C)C)CC2)n1)C(=O)NC(=C)C(=O)OCC1=CCOC=C1. The third kappa shape index (κ3) is 9.28. The molecule has 2 aliphatic heterocycles. The minimum atomic E-state index is -0.822. The number of rotatable bonds is 9. The first-order valence-electron chi connectivity index (χ1n) is 12.3. The van der Waals surface area contributed by atoms with Crippen LogP contribution in [0, 0.1) is 0 Å². The van der Waals surface area contributed by atoms with Crippen LogP contribution in [0.25, 0.3) is 0 Å². The number of aromatic nitrogens is 1. The summed E-state index contributed by atoms with van der Waals surface area (Å²) in [6.45, 7) is 14.2. The normalized spacial score (nSPS) is 15.4. The number of ether oxygens (including phenoxy) is 3. The second kappa shape index (κ2) is 13.1. The first-order chi connectivity index (χ1) is 18.4. The molecule has 3 N–H and O–H groups in total. The monoisotopic (exact) mass is 559 g/mol. The van der Waals surface area contributed by atoms with Crippen LogP contribution in [0.15, 0.2) is 53.9 Å². The molecule has 0 atom stereocenters. The van der Waals surface area contributed by atoms with Crippen molar-refractivity contribution in [2.75, 3.05) is 31.2 Å². The van der Waals surface area contributed by atoms with E-state index in [-0.39, 0.29) is 29.7 Å². The van der Waals surface area contributed by atoms with Crippen LogP contribution < -0.4 is 20.9 Å². The summed E-state index contributed by atoms with van der Waals surface area (Å²) in [5.74, 6) is -2.26. The van der Waals surface area contributed by atoms with Crippen LogP contribution in [0.2, 0.25) is 0 Å². The zero-order chi connectivity index (χ0) is 28.6. The van der Waals surface area contributed by atoms with Crippen molar-refractivity contribution < 1.29 is 33.4 Å². The maximum Gasteiger partial charge on any atom is 0.407 e. The predicted molar refractivity (Wildman–Crippen MR) is 145 cm³/mol. The lowest BCUT2D eigenvalue weighted by Gasteiger charge is -2.32. The fourth-order valence-corrected chi connectivity index (χ4v) is 4.34. The van der Waals surface area contributed by atoms with E-state index in [0.29, 0.717) is 37.7 Å². The van der Waals surface area contributed by atoms with Gasteiger partial charge in [-0.05, 0) is 51.3 Å². The van der Waals surface area contributed by atoms with Crippen molar-refractivity contribution in [3.63, 3.8) is 0 Å². The molecule has 0 aromatic carbocycles. The molecule has 13 heteroatoms. The van der Waals surface area contributed by atoms with Gasteiger partial charge in [0.15, 0.2) is 5.13 Å². The number of hydrogen-bond acceptors (Lipinski definition) is 10. The van der Waals surface area contributed by atoms with Gasteiger partial charge >= 0.3 is 12.1 Å². The molecule has 3 rings (SSSR count). The Morgan fingerprint density at radius 1 is 1.15 bits per heavy atom. The number of nitrogens with one attached hydrogen (secondary N) is 3. The molecule has 1 fully saturated rings. The van der Waals surface area contributed by atoms with Crippen molar-refractivity contribution >= 4 is 40.3 Å². The zero-order valence-corrected chi connectivity index (χ0v) is 23.0. The quantitative estimate of drug-likeness (QED) is 0.307. The Balaban J connectivity index is 1.42. The van der Waals surface area contributed by atoms with Gasteiger partial charge in [0.25, 0.3) is 11.8 Å². The summed E-state index contributed by atoms with van der Waals surface area (Å²) in [5, 5.41) is 9.76. The van der Waals surface area contributed by atoms with E-state index < -0.39 is 29.5 Å². The fraction of sp³-hybridized carbons (Fsp3) is 0.423. The first kappa shape index (κ1) is 29.4. The Morgan fingerprint density at radius 2 is 1.87 bits per heavy atom. The van der Waals surface area contributed by atoms with Gasteiger partial charge in [-0.2, -0.15) is 0 Å². The number of anilines is 1. The van der Waals surface area contributed by atoms with Crippen LogP contribution in [0.5, 0.6) is 0 Å². The number of alkyl carbamates (subject to hydrolysis) is 1. The van der Waals surface area contributed by atoms with Crippen LogP contribution in [-0.4, -0.2) is 66.8 Å². The number of piperidine rings is 1. The lowest BCUT2D eigenvalue weighted by molar-refractivity contribution is -0.139. The second-order valence-electron chi connectivity index (χ2n) is 9.78. The number of carbonyl (C=O) groups excluding carboxylic acids is 4. The summed E-state index contributed by atoms with van der Waals surface area (Å²) >= 11 is 1.29. The molecule has 3 heterocycles. The topological polar surface area (TPSA) is 148 Å². The number of carbonyl (C=O) groups is 4. The first-order valence-corrected chi connectivity index (χ1v) is 13.1. The molecule has 12 nitrogen and oxygen atoms in total.